The predicted octanol–water partition coefficient (Wildman–Crippen LogP) is 1.56. The summed E-state index contributed by atoms with van der Waals surface area (Å²) in [4.78, 5) is 23.2. The van der Waals surface area contributed by atoms with E-state index in [1.54, 1.807) is 0 Å². The van der Waals surface area contributed by atoms with Gasteiger partial charge >= 0.3 is 0 Å². The number of aliphatic carboxylic acids is 1. The van der Waals surface area contributed by atoms with Crippen molar-refractivity contribution in [2.24, 2.45) is 11.8 Å². The van der Waals surface area contributed by atoms with Crippen molar-refractivity contribution in [1.29, 1.82) is 0 Å². The van der Waals surface area contributed by atoms with Gasteiger partial charge in [0.2, 0.25) is 0 Å². The molecule has 1 aliphatic rings. The van der Waals surface area contributed by atoms with Gasteiger partial charge in [-0.05, 0) is 37.1 Å². The SMILES string of the molecule is O=C([O-])[C@H]1CCCC[C@@H]1C(=O)c1ccc(F)cc1. The fourth-order valence-electron chi connectivity index (χ4n) is 2.56. The fraction of sp³-hybridized carbons (Fsp3) is 0.429. The highest BCUT2D eigenvalue weighted by molar-refractivity contribution is 5.99. The molecule has 0 amide bonds. The van der Waals surface area contributed by atoms with Crippen LogP contribution in [0.25, 0.3) is 0 Å². The van der Waals surface area contributed by atoms with Crippen LogP contribution in [0, 0.1) is 17.7 Å². The second-order valence-electron chi connectivity index (χ2n) is 4.69. The smallest absolute Gasteiger partial charge is 0.166 e. The molecule has 1 aromatic carbocycles. The third kappa shape index (κ3) is 2.58. The molecule has 0 saturated heterocycles. The van der Waals surface area contributed by atoms with Crippen LogP contribution in [-0.4, -0.2) is 11.8 Å². The number of halogens is 1. The average Bonchev–Trinajstić information content (AvgIpc) is 2.39. The van der Waals surface area contributed by atoms with E-state index < -0.39 is 23.6 Å². The Bertz CT molecular complexity index is 453. The second-order valence-corrected chi connectivity index (χ2v) is 4.69. The summed E-state index contributed by atoms with van der Waals surface area (Å²) in [6.07, 6.45) is 2.71. The summed E-state index contributed by atoms with van der Waals surface area (Å²) in [6, 6.07) is 5.23. The maximum Gasteiger partial charge on any atom is 0.166 e. The van der Waals surface area contributed by atoms with Crippen LogP contribution in [0.1, 0.15) is 36.0 Å². The van der Waals surface area contributed by atoms with Gasteiger partial charge < -0.3 is 9.90 Å². The van der Waals surface area contributed by atoms with Gasteiger partial charge in [0.1, 0.15) is 5.82 Å². The van der Waals surface area contributed by atoms with E-state index >= 15 is 0 Å². The Morgan fingerprint density at radius 3 is 2.17 bits per heavy atom. The molecule has 0 spiro atoms. The van der Waals surface area contributed by atoms with E-state index in [1.807, 2.05) is 0 Å². The average molecular weight is 249 g/mol. The number of carbonyl (C=O) groups excluding carboxylic acids is 2. The number of carboxylic acids is 1. The van der Waals surface area contributed by atoms with Gasteiger partial charge in [-0.3, -0.25) is 4.79 Å². The summed E-state index contributed by atoms with van der Waals surface area (Å²) < 4.78 is 12.8. The molecule has 2 rings (SSSR count). The minimum atomic E-state index is -1.16. The molecule has 1 fully saturated rings. The molecule has 1 aliphatic carbocycles. The van der Waals surface area contributed by atoms with E-state index in [9.17, 15) is 19.1 Å². The molecule has 0 bridgehead atoms. The monoisotopic (exact) mass is 249 g/mol. The fourth-order valence-corrected chi connectivity index (χ4v) is 2.56. The first-order chi connectivity index (χ1) is 8.59. The lowest BCUT2D eigenvalue weighted by atomic mass is 9.75. The van der Waals surface area contributed by atoms with Gasteiger partial charge in [-0.25, -0.2) is 4.39 Å². The van der Waals surface area contributed by atoms with E-state index in [4.69, 9.17) is 0 Å². The van der Waals surface area contributed by atoms with Crippen LogP contribution >= 0.6 is 0 Å². The highest BCUT2D eigenvalue weighted by Gasteiger charge is 2.32. The van der Waals surface area contributed by atoms with Crippen LogP contribution in [0.3, 0.4) is 0 Å². The zero-order valence-electron chi connectivity index (χ0n) is 9.90. The summed E-state index contributed by atoms with van der Waals surface area (Å²) in [6.45, 7) is 0. The zero-order valence-corrected chi connectivity index (χ0v) is 9.90. The van der Waals surface area contributed by atoms with Crippen molar-refractivity contribution in [1.82, 2.24) is 0 Å². The third-order valence-electron chi connectivity index (χ3n) is 3.53. The lowest BCUT2D eigenvalue weighted by Gasteiger charge is -2.31. The predicted molar refractivity (Wildman–Crippen MR) is 61.2 cm³/mol. The molecular weight excluding hydrogens is 235 g/mol. The first-order valence-electron chi connectivity index (χ1n) is 6.10. The van der Waals surface area contributed by atoms with Gasteiger partial charge in [-0.15, -0.1) is 0 Å². The van der Waals surface area contributed by atoms with Crippen molar-refractivity contribution < 1.29 is 19.1 Å². The molecule has 1 aromatic rings. The lowest BCUT2D eigenvalue weighted by Crippen LogP contribution is -2.40. The number of Topliss-reactive ketones (excluding diaryl/α,β-unsaturated/α-hetero) is 1. The van der Waals surface area contributed by atoms with Crippen molar-refractivity contribution in [2.45, 2.75) is 25.7 Å². The molecule has 0 N–H and O–H groups in total. The Balaban J connectivity index is 2.20. The van der Waals surface area contributed by atoms with E-state index in [1.165, 1.54) is 24.3 Å². The Labute approximate surface area is 105 Å². The minimum Gasteiger partial charge on any atom is -0.550 e. The topological polar surface area (TPSA) is 57.2 Å². The molecule has 0 aliphatic heterocycles. The van der Waals surface area contributed by atoms with Gasteiger partial charge in [0, 0.05) is 23.4 Å². The van der Waals surface area contributed by atoms with Gasteiger partial charge in [-0.1, -0.05) is 12.8 Å². The number of ketones is 1. The maximum atomic E-state index is 12.8. The number of benzene rings is 1. The van der Waals surface area contributed by atoms with Gasteiger partial charge in [0.15, 0.2) is 5.78 Å². The van der Waals surface area contributed by atoms with E-state index in [2.05, 4.69) is 0 Å². The van der Waals surface area contributed by atoms with Crippen molar-refractivity contribution in [3.05, 3.63) is 35.6 Å². The molecule has 18 heavy (non-hydrogen) atoms. The van der Waals surface area contributed by atoms with E-state index in [-0.39, 0.29) is 5.78 Å². The number of carboxylic acid groups (broad SMARTS) is 1. The van der Waals surface area contributed by atoms with Crippen LogP contribution in [-0.2, 0) is 4.79 Å². The highest BCUT2D eigenvalue weighted by atomic mass is 19.1. The third-order valence-corrected chi connectivity index (χ3v) is 3.53. The summed E-state index contributed by atoms with van der Waals surface area (Å²) in [5.41, 5.74) is 0.370. The van der Waals surface area contributed by atoms with Crippen LogP contribution in [0.5, 0.6) is 0 Å². The Hall–Kier alpha value is -1.71. The molecule has 1 saturated carbocycles. The van der Waals surface area contributed by atoms with Crippen molar-refractivity contribution >= 4 is 11.8 Å². The summed E-state index contributed by atoms with van der Waals surface area (Å²) in [7, 11) is 0. The molecule has 2 atom stereocenters. The standard InChI is InChI=1S/C14H15FO3/c15-10-7-5-9(6-8-10)13(16)11-3-1-2-4-12(11)14(17)18/h5-8,11-12H,1-4H2,(H,17,18)/p-1/t11-,12-/m0/s1. The maximum absolute atomic E-state index is 12.8. The van der Waals surface area contributed by atoms with Crippen LogP contribution < -0.4 is 5.11 Å². The molecule has 4 heteroatoms. The second kappa shape index (κ2) is 5.29. The number of hydrogen-bond acceptors (Lipinski definition) is 3. The molecule has 3 nitrogen and oxygen atoms in total. The molecule has 0 heterocycles. The van der Waals surface area contributed by atoms with Gasteiger partial charge in [0.25, 0.3) is 0 Å². The van der Waals surface area contributed by atoms with E-state index in [0.29, 0.717) is 18.4 Å². The van der Waals surface area contributed by atoms with Crippen molar-refractivity contribution in [3.63, 3.8) is 0 Å². The Morgan fingerprint density at radius 2 is 1.61 bits per heavy atom. The summed E-state index contributed by atoms with van der Waals surface area (Å²) >= 11 is 0. The minimum absolute atomic E-state index is 0.219. The number of rotatable bonds is 3. The van der Waals surface area contributed by atoms with E-state index in [0.717, 1.165) is 12.8 Å². The Kier molecular flexibility index (Phi) is 3.75. The zero-order chi connectivity index (χ0) is 13.1. The first kappa shape index (κ1) is 12.7. The van der Waals surface area contributed by atoms with Crippen molar-refractivity contribution in [2.75, 3.05) is 0 Å². The molecule has 0 unspecified atom stereocenters. The number of carbonyl (C=O) groups is 2. The highest BCUT2D eigenvalue weighted by Crippen LogP contribution is 2.32. The summed E-state index contributed by atoms with van der Waals surface area (Å²) in [5.74, 6) is -3.03. The largest absolute Gasteiger partial charge is 0.550 e. The van der Waals surface area contributed by atoms with Crippen LogP contribution in [0.2, 0.25) is 0 Å². The Morgan fingerprint density at radius 1 is 1.06 bits per heavy atom. The van der Waals surface area contributed by atoms with Crippen LogP contribution in [0.4, 0.5) is 4.39 Å². The quantitative estimate of drug-likeness (QED) is 0.764. The van der Waals surface area contributed by atoms with Gasteiger partial charge in [0.05, 0.1) is 0 Å². The molecule has 0 aromatic heterocycles. The van der Waals surface area contributed by atoms with Crippen LogP contribution in [0.15, 0.2) is 24.3 Å². The summed E-state index contributed by atoms with van der Waals surface area (Å²) in [5, 5.41) is 11.0. The van der Waals surface area contributed by atoms with Crippen molar-refractivity contribution in [3.8, 4) is 0 Å². The lowest BCUT2D eigenvalue weighted by molar-refractivity contribution is -0.313. The normalized spacial score (nSPS) is 23.6. The molecular formula is C14H14FO3-. The first-order valence-corrected chi connectivity index (χ1v) is 6.10. The molecule has 96 valence electrons. The van der Waals surface area contributed by atoms with Gasteiger partial charge in [-0.2, -0.15) is 0 Å². The number of hydrogen-bond donors (Lipinski definition) is 0. The molecule has 0 radical (unpaired) electrons.